The molecule has 0 fully saturated rings. The Morgan fingerprint density at radius 3 is 2.57 bits per heavy atom. The van der Waals surface area contributed by atoms with Crippen LogP contribution in [0.3, 0.4) is 0 Å². The van der Waals surface area contributed by atoms with Crippen molar-refractivity contribution in [1.82, 2.24) is 0 Å². The molecule has 0 aromatic heterocycles. The number of rotatable bonds is 6. The van der Waals surface area contributed by atoms with Crippen LogP contribution in [0.25, 0.3) is 0 Å². The van der Waals surface area contributed by atoms with E-state index in [1.165, 1.54) is 29.6 Å². The summed E-state index contributed by atoms with van der Waals surface area (Å²) in [6, 6.07) is 11.4. The van der Waals surface area contributed by atoms with E-state index in [4.69, 9.17) is 16.3 Å². The summed E-state index contributed by atoms with van der Waals surface area (Å²) in [6.45, 7) is 3.74. The molecule has 0 bridgehead atoms. The molecule has 0 aliphatic rings. The summed E-state index contributed by atoms with van der Waals surface area (Å²) in [5.41, 5.74) is 0.404. The van der Waals surface area contributed by atoms with Crippen LogP contribution in [0.2, 0.25) is 5.02 Å². The summed E-state index contributed by atoms with van der Waals surface area (Å²) in [5, 5.41) is 0.352. The molecule has 0 N–H and O–H groups in total. The highest BCUT2D eigenvalue weighted by Gasteiger charge is 2.26. The van der Waals surface area contributed by atoms with Gasteiger partial charge in [-0.05, 0) is 46.3 Å². The third-order valence-corrected chi connectivity index (χ3v) is 5.84. The van der Waals surface area contributed by atoms with Gasteiger partial charge in [-0.2, -0.15) is 0 Å². The minimum Gasteiger partial charge on any atom is -0.496 e. The molecule has 2 aromatic carbocycles. The number of sulfonamides is 1. The van der Waals surface area contributed by atoms with Crippen LogP contribution in [0.1, 0.15) is 0 Å². The number of halogens is 2. The second-order valence-corrected chi connectivity index (χ2v) is 7.70. The smallest absolute Gasteiger partial charge is 0.264 e. The molecule has 0 amide bonds. The largest absolute Gasteiger partial charge is 0.496 e. The number of ether oxygens (including phenoxy) is 1. The van der Waals surface area contributed by atoms with Crippen LogP contribution in [0.15, 0.2) is 64.5 Å². The third-order valence-electron chi connectivity index (χ3n) is 3.13. The highest BCUT2D eigenvalue weighted by atomic mass is 79.9. The Morgan fingerprint density at radius 1 is 1.30 bits per heavy atom. The zero-order chi connectivity index (χ0) is 17.0. The maximum absolute atomic E-state index is 13.0. The van der Waals surface area contributed by atoms with Crippen LogP contribution in [0.4, 0.5) is 5.69 Å². The van der Waals surface area contributed by atoms with E-state index in [-0.39, 0.29) is 11.4 Å². The van der Waals surface area contributed by atoms with E-state index in [2.05, 4.69) is 22.5 Å². The maximum Gasteiger partial charge on any atom is 0.264 e. The molecule has 0 atom stereocenters. The van der Waals surface area contributed by atoms with Gasteiger partial charge in [0, 0.05) is 0 Å². The lowest BCUT2D eigenvalue weighted by Gasteiger charge is -2.24. The predicted molar refractivity (Wildman–Crippen MR) is 96.9 cm³/mol. The van der Waals surface area contributed by atoms with Crippen LogP contribution >= 0.6 is 27.5 Å². The Labute approximate surface area is 149 Å². The van der Waals surface area contributed by atoms with E-state index in [1.807, 2.05) is 0 Å². The second kappa shape index (κ2) is 7.38. The van der Waals surface area contributed by atoms with Gasteiger partial charge in [-0.3, -0.25) is 4.31 Å². The topological polar surface area (TPSA) is 46.6 Å². The number of hydrogen-bond donors (Lipinski definition) is 0. The van der Waals surface area contributed by atoms with Gasteiger partial charge in [0.2, 0.25) is 0 Å². The Bertz CT molecular complexity index is 824. The summed E-state index contributed by atoms with van der Waals surface area (Å²) in [6.07, 6.45) is 1.51. The van der Waals surface area contributed by atoms with Crippen molar-refractivity contribution in [2.45, 2.75) is 4.90 Å². The van der Waals surface area contributed by atoms with Crippen molar-refractivity contribution in [3.63, 3.8) is 0 Å². The Balaban J connectivity index is 2.56. The van der Waals surface area contributed by atoms with Crippen LogP contribution in [-0.4, -0.2) is 22.1 Å². The molecule has 0 radical (unpaired) electrons. The Hall–Kier alpha value is -1.50. The van der Waals surface area contributed by atoms with Crippen molar-refractivity contribution in [3.05, 3.63) is 64.6 Å². The van der Waals surface area contributed by atoms with Gasteiger partial charge in [-0.25, -0.2) is 8.42 Å². The molecule has 0 aliphatic carbocycles. The van der Waals surface area contributed by atoms with Crippen LogP contribution in [0.5, 0.6) is 5.75 Å². The first kappa shape index (κ1) is 17.8. The van der Waals surface area contributed by atoms with Crippen molar-refractivity contribution in [3.8, 4) is 5.75 Å². The number of hydrogen-bond acceptors (Lipinski definition) is 3. The molecule has 0 unspecified atom stereocenters. The average molecular weight is 417 g/mol. The molecule has 0 heterocycles. The SMILES string of the molecule is C=CCN(c1ccccc1Cl)S(=O)(=O)c1ccc(OC)c(Br)c1. The van der Waals surface area contributed by atoms with Gasteiger partial charge in [-0.1, -0.05) is 29.8 Å². The van der Waals surface area contributed by atoms with Crippen molar-refractivity contribution in [2.75, 3.05) is 18.0 Å². The van der Waals surface area contributed by atoms with E-state index < -0.39 is 10.0 Å². The van der Waals surface area contributed by atoms with Gasteiger partial charge in [0.05, 0.1) is 33.7 Å². The monoisotopic (exact) mass is 415 g/mol. The molecule has 2 aromatic rings. The summed E-state index contributed by atoms with van der Waals surface area (Å²) >= 11 is 9.46. The van der Waals surface area contributed by atoms with E-state index in [0.29, 0.717) is 20.9 Å². The molecule has 0 aliphatic heterocycles. The molecule has 0 spiro atoms. The van der Waals surface area contributed by atoms with Gasteiger partial charge < -0.3 is 4.74 Å². The summed E-state index contributed by atoms with van der Waals surface area (Å²) in [4.78, 5) is 0.131. The number of methoxy groups -OCH3 is 1. The Kier molecular flexibility index (Phi) is 5.73. The lowest BCUT2D eigenvalue weighted by molar-refractivity contribution is 0.411. The molecule has 7 heteroatoms. The van der Waals surface area contributed by atoms with E-state index in [0.717, 1.165) is 0 Å². The second-order valence-electron chi connectivity index (χ2n) is 4.57. The summed E-state index contributed by atoms with van der Waals surface area (Å²) in [5.74, 6) is 0.553. The first-order valence-electron chi connectivity index (χ1n) is 6.63. The fourth-order valence-corrected chi connectivity index (χ4v) is 4.49. The van der Waals surface area contributed by atoms with Gasteiger partial charge >= 0.3 is 0 Å². The number of para-hydroxylation sites is 1. The summed E-state index contributed by atoms with van der Waals surface area (Å²) < 4.78 is 32.9. The van der Waals surface area contributed by atoms with Crippen LogP contribution < -0.4 is 9.04 Å². The van der Waals surface area contributed by atoms with Crippen molar-refractivity contribution >= 4 is 43.2 Å². The van der Waals surface area contributed by atoms with Crippen LogP contribution in [-0.2, 0) is 10.0 Å². The highest BCUT2D eigenvalue weighted by Crippen LogP contribution is 2.33. The molecule has 23 heavy (non-hydrogen) atoms. The average Bonchev–Trinajstić information content (AvgIpc) is 2.53. The zero-order valence-corrected chi connectivity index (χ0v) is 15.5. The lowest BCUT2D eigenvalue weighted by Crippen LogP contribution is -2.31. The summed E-state index contributed by atoms with van der Waals surface area (Å²) in [7, 11) is -2.28. The Morgan fingerprint density at radius 2 is 2.00 bits per heavy atom. The predicted octanol–water partition coefficient (Wildman–Crippen LogP) is 4.49. The molecular formula is C16H15BrClNO3S. The van der Waals surface area contributed by atoms with Gasteiger partial charge in [-0.15, -0.1) is 6.58 Å². The zero-order valence-electron chi connectivity index (χ0n) is 12.4. The molecular weight excluding hydrogens is 402 g/mol. The molecule has 122 valence electrons. The number of nitrogens with zero attached hydrogens (tertiary/aromatic N) is 1. The van der Waals surface area contributed by atoms with Crippen molar-refractivity contribution < 1.29 is 13.2 Å². The minimum absolute atomic E-state index is 0.107. The molecule has 0 saturated heterocycles. The normalized spacial score (nSPS) is 11.1. The van der Waals surface area contributed by atoms with Crippen molar-refractivity contribution in [1.29, 1.82) is 0 Å². The minimum atomic E-state index is -3.79. The fourth-order valence-electron chi connectivity index (χ4n) is 2.03. The maximum atomic E-state index is 13.0. The molecule has 0 saturated carbocycles. The lowest BCUT2D eigenvalue weighted by atomic mass is 10.3. The van der Waals surface area contributed by atoms with Gasteiger partial charge in [0.15, 0.2) is 0 Å². The first-order valence-corrected chi connectivity index (χ1v) is 9.24. The number of anilines is 1. The van der Waals surface area contributed by atoms with Gasteiger partial charge in [0.1, 0.15) is 5.75 Å². The van der Waals surface area contributed by atoms with Crippen LogP contribution in [0, 0.1) is 0 Å². The third kappa shape index (κ3) is 3.71. The highest BCUT2D eigenvalue weighted by molar-refractivity contribution is 9.10. The van der Waals surface area contributed by atoms with Gasteiger partial charge in [0.25, 0.3) is 10.0 Å². The first-order chi connectivity index (χ1) is 10.9. The van der Waals surface area contributed by atoms with E-state index in [9.17, 15) is 8.42 Å². The van der Waals surface area contributed by atoms with Crippen molar-refractivity contribution in [2.24, 2.45) is 0 Å². The molecule has 4 nitrogen and oxygen atoms in total. The van der Waals surface area contributed by atoms with E-state index in [1.54, 1.807) is 30.3 Å². The quantitative estimate of drug-likeness (QED) is 0.652. The standard InChI is InChI=1S/C16H15BrClNO3S/c1-3-10-19(15-7-5-4-6-14(15)18)23(20,21)12-8-9-16(22-2)13(17)11-12/h3-9,11H,1,10H2,2H3. The molecule has 2 rings (SSSR count). The number of benzene rings is 2. The fraction of sp³-hybridized carbons (Fsp3) is 0.125. The van der Waals surface area contributed by atoms with E-state index >= 15 is 0 Å².